The average molecular weight is 191 g/mol. The molecule has 0 aromatic carbocycles. The molecule has 4 aliphatic rings. The molecule has 1 spiro atoms. The Kier molecular flexibility index (Phi) is 1.31. The third kappa shape index (κ3) is 0.608. The van der Waals surface area contributed by atoms with E-state index < -0.39 is 0 Å². The molecule has 2 heterocycles. The van der Waals surface area contributed by atoms with Crippen LogP contribution in [0.25, 0.3) is 0 Å². The molecule has 3 unspecified atom stereocenters. The molecule has 0 radical (unpaired) electrons. The lowest BCUT2D eigenvalue weighted by molar-refractivity contribution is -0.851. The monoisotopic (exact) mass is 191 g/mol. The van der Waals surface area contributed by atoms with Gasteiger partial charge in [-0.1, -0.05) is 0 Å². The maximum Gasteiger partial charge on any atom is 0.169 e. The topological polar surface area (TPSA) is 0 Å². The summed E-state index contributed by atoms with van der Waals surface area (Å²) in [4.78, 5) is 0. The van der Waals surface area contributed by atoms with E-state index in [0.717, 1.165) is 5.54 Å². The van der Waals surface area contributed by atoms with Gasteiger partial charge in [-0.05, 0) is 25.7 Å². The molecule has 2 aliphatic carbocycles. The van der Waals surface area contributed by atoms with E-state index in [-0.39, 0.29) is 0 Å². The zero-order valence-corrected chi connectivity index (χ0v) is 8.34. The van der Waals surface area contributed by atoms with Crippen LogP contribution in [0.15, 0.2) is 0 Å². The Balaban J connectivity index is 1.92. The molecule has 2 saturated heterocycles. The van der Waals surface area contributed by atoms with Crippen molar-refractivity contribution in [2.75, 3.05) is 13.1 Å². The molecule has 0 amide bonds. The lowest BCUT2D eigenvalue weighted by atomic mass is 9.76. The second-order valence-corrected chi connectivity index (χ2v) is 5.70. The van der Waals surface area contributed by atoms with Crippen LogP contribution < -0.4 is 0 Å². The van der Waals surface area contributed by atoms with Gasteiger partial charge in [0.1, 0.15) is 0 Å². The number of hydrogen-bond acceptors (Lipinski definition) is 0. The predicted octanol–water partition coefficient (Wildman–Crippen LogP) is 1.07. The highest BCUT2D eigenvalue weighted by molar-refractivity contribution is 5.98. The first kappa shape index (κ1) is 8.21. The quantitative estimate of drug-likeness (QED) is 0.502. The molecular weight excluding hydrogens is 169 g/mol. The molecule has 5 atom stereocenters. The van der Waals surface area contributed by atoms with E-state index in [4.69, 9.17) is 0 Å². The minimum Gasteiger partial charge on any atom is -0.517 e. The second kappa shape index (κ2) is 2.24. The fraction of sp³-hybridized carbons (Fsp3) is 1.00. The standard InChI is InChI=1S/C12H22BN/c13-14-7-5-10-3-1-9-2-4-11(6-8-14)12(9,10)14/h9-11H,1-8H2,13H3/t9?,10-,11+,12?,14?. The minimum atomic E-state index is 0.531. The highest BCUT2D eigenvalue weighted by Gasteiger charge is 2.69. The third-order valence-electron chi connectivity index (χ3n) is 5.73. The van der Waals surface area contributed by atoms with Gasteiger partial charge < -0.3 is 4.39 Å². The van der Waals surface area contributed by atoms with Crippen molar-refractivity contribution in [1.82, 2.24) is 0 Å². The van der Waals surface area contributed by atoms with E-state index >= 15 is 0 Å². The van der Waals surface area contributed by atoms with Gasteiger partial charge in [0.15, 0.2) is 7.98 Å². The molecular formula is C12H22BN. The Morgan fingerprint density at radius 1 is 0.786 bits per heavy atom. The Hall–Kier alpha value is 0.0249. The lowest BCUT2D eigenvalue weighted by Gasteiger charge is -2.52. The van der Waals surface area contributed by atoms with Crippen molar-refractivity contribution >= 4 is 7.98 Å². The van der Waals surface area contributed by atoms with E-state index in [1.54, 1.807) is 56.0 Å². The van der Waals surface area contributed by atoms with Gasteiger partial charge in [-0.3, -0.25) is 0 Å². The lowest BCUT2D eigenvalue weighted by Crippen LogP contribution is -2.59. The molecule has 1 nitrogen and oxygen atoms in total. The van der Waals surface area contributed by atoms with E-state index in [1.807, 2.05) is 0 Å². The summed E-state index contributed by atoms with van der Waals surface area (Å²) in [6, 6.07) is 0. The fourth-order valence-electron chi connectivity index (χ4n) is 5.52. The van der Waals surface area contributed by atoms with Crippen molar-refractivity contribution in [3.63, 3.8) is 0 Å². The summed E-state index contributed by atoms with van der Waals surface area (Å²) in [5.41, 5.74) is 0.931. The van der Waals surface area contributed by atoms with Crippen LogP contribution in [0, 0.1) is 17.8 Å². The first-order valence-corrected chi connectivity index (χ1v) is 6.17. The largest absolute Gasteiger partial charge is 0.517 e. The molecule has 0 N–H and O–H groups in total. The van der Waals surface area contributed by atoms with Gasteiger partial charge in [-0.25, -0.2) is 0 Å². The van der Waals surface area contributed by atoms with E-state index in [2.05, 4.69) is 0 Å². The summed E-state index contributed by atoms with van der Waals surface area (Å²) in [6.45, 7) is 3.25. The molecule has 78 valence electrons. The molecule has 2 heteroatoms. The number of rotatable bonds is 0. The van der Waals surface area contributed by atoms with E-state index in [9.17, 15) is 0 Å². The number of quaternary nitrogens is 1. The van der Waals surface area contributed by atoms with Crippen LogP contribution in [0.2, 0.25) is 0 Å². The second-order valence-electron chi connectivity index (χ2n) is 5.70. The molecule has 4 rings (SSSR count). The molecule has 2 aliphatic heterocycles. The Morgan fingerprint density at radius 2 is 1.21 bits per heavy atom. The SMILES string of the molecule is [BH3-][N+]12CC[C@H]3CCC4CC[C@@H](CC1)C432. The summed E-state index contributed by atoms with van der Waals surface area (Å²) < 4.78 is 1.74. The van der Waals surface area contributed by atoms with Gasteiger partial charge in [0.25, 0.3) is 0 Å². The first-order chi connectivity index (χ1) is 6.77. The first-order valence-electron chi connectivity index (χ1n) is 6.17. The number of hydrogen-bond donors (Lipinski definition) is 0. The normalized spacial score (nSPS) is 64.5. The maximum atomic E-state index is 1.74. The van der Waals surface area contributed by atoms with Gasteiger partial charge in [-0.15, -0.1) is 0 Å². The van der Waals surface area contributed by atoms with Crippen molar-refractivity contribution < 1.29 is 4.39 Å². The smallest absolute Gasteiger partial charge is 0.169 e. The average Bonchev–Trinajstić information content (AvgIpc) is 2.77. The van der Waals surface area contributed by atoms with Crippen LogP contribution in [0.5, 0.6) is 0 Å². The highest BCUT2D eigenvalue weighted by atomic mass is 15.4. The summed E-state index contributed by atoms with van der Waals surface area (Å²) in [5, 5.41) is 0. The van der Waals surface area contributed by atoms with Gasteiger partial charge in [0.2, 0.25) is 0 Å². The van der Waals surface area contributed by atoms with Crippen LogP contribution in [0.4, 0.5) is 0 Å². The van der Waals surface area contributed by atoms with Gasteiger partial charge in [0.05, 0.1) is 5.54 Å². The van der Waals surface area contributed by atoms with Gasteiger partial charge in [0, 0.05) is 43.7 Å². The Labute approximate surface area is 87.9 Å². The molecule has 2 saturated carbocycles. The molecule has 14 heavy (non-hydrogen) atoms. The molecule has 0 bridgehead atoms. The van der Waals surface area contributed by atoms with Crippen LogP contribution in [-0.4, -0.2) is 31.0 Å². The van der Waals surface area contributed by atoms with Crippen LogP contribution in [0.1, 0.15) is 38.5 Å². The van der Waals surface area contributed by atoms with Crippen molar-refractivity contribution in [3.8, 4) is 0 Å². The third-order valence-corrected chi connectivity index (χ3v) is 5.73. The summed E-state index contributed by atoms with van der Waals surface area (Å²) in [7, 11) is 0.531. The predicted molar refractivity (Wildman–Crippen MR) is 60.8 cm³/mol. The Morgan fingerprint density at radius 3 is 1.71 bits per heavy atom. The van der Waals surface area contributed by atoms with Crippen molar-refractivity contribution in [1.29, 1.82) is 0 Å². The summed E-state index contributed by atoms with van der Waals surface area (Å²) in [5.74, 6) is 3.58. The van der Waals surface area contributed by atoms with Crippen molar-refractivity contribution in [2.45, 2.75) is 44.1 Å². The van der Waals surface area contributed by atoms with Crippen molar-refractivity contribution in [2.24, 2.45) is 17.8 Å². The molecule has 0 aromatic rings. The summed E-state index contributed by atoms with van der Waals surface area (Å²) in [6.07, 6.45) is 9.72. The minimum absolute atomic E-state index is 0.531. The fourth-order valence-corrected chi connectivity index (χ4v) is 5.52. The van der Waals surface area contributed by atoms with Crippen LogP contribution in [-0.2, 0) is 0 Å². The zero-order valence-electron chi connectivity index (χ0n) is 8.34. The molecule has 0 aromatic heterocycles. The van der Waals surface area contributed by atoms with Crippen LogP contribution in [0.3, 0.4) is 0 Å². The summed E-state index contributed by atoms with van der Waals surface area (Å²) >= 11 is 0. The van der Waals surface area contributed by atoms with E-state index in [1.165, 1.54) is 17.8 Å². The van der Waals surface area contributed by atoms with E-state index in [0.29, 0.717) is 7.98 Å². The number of nitrogens with zero attached hydrogens (tertiary/aromatic N) is 1. The molecule has 4 fully saturated rings. The van der Waals surface area contributed by atoms with Crippen LogP contribution >= 0.6 is 0 Å². The van der Waals surface area contributed by atoms with Crippen molar-refractivity contribution in [3.05, 3.63) is 0 Å². The van der Waals surface area contributed by atoms with Gasteiger partial charge in [-0.2, -0.15) is 0 Å². The highest BCUT2D eigenvalue weighted by Crippen LogP contribution is 2.66. The van der Waals surface area contributed by atoms with Gasteiger partial charge >= 0.3 is 0 Å². The maximum absolute atomic E-state index is 1.74. The zero-order chi connectivity index (χ0) is 9.39. The Bertz CT molecular complexity index is 255.